The van der Waals surface area contributed by atoms with Gasteiger partial charge in [-0.15, -0.1) is 0 Å². The van der Waals surface area contributed by atoms with Crippen LogP contribution in [-0.4, -0.2) is 6.54 Å². The van der Waals surface area contributed by atoms with Gasteiger partial charge in [0.2, 0.25) is 0 Å². The molecule has 3 unspecified atom stereocenters. The lowest BCUT2D eigenvalue weighted by atomic mass is 9.84. The SMILES string of the molecule is c1cc2c(cc1CC1CC3CCC1C3)NCCC2. The maximum Gasteiger partial charge on any atom is 0.0375 e. The molecule has 0 spiro atoms. The van der Waals surface area contributed by atoms with Crippen LogP contribution in [0.2, 0.25) is 0 Å². The van der Waals surface area contributed by atoms with Crippen LogP contribution in [0.4, 0.5) is 5.69 Å². The molecule has 0 saturated heterocycles. The van der Waals surface area contributed by atoms with Gasteiger partial charge in [0, 0.05) is 12.2 Å². The van der Waals surface area contributed by atoms with Gasteiger partial charge in [0.05, 0.1) is 0 Å². The van der Waals surface area contributed by atoms with Crippen LogP contribution >= 0.6 is 0 Å². The Morgan fingerprint density at radius 3 is 3.00 bits per heavy atom. The molecule has 1 aromatic carbocycles. The normalized spacial score (nSPS) is 33.2. The van der Waals surface area contributed by atoms with Gasteiger partial charge in [-0.05, 0) is 73.5 Å². The third-order valence-electron chi connectivity index (χ3n) is 5.50. The summed E-state index contributed by atoms with van der Waals surface area (Å²) >= 11 is 0. The summed E-state index contributed by atoms with van der Waals surface area (Å²) in [6, 6.07) is 7.18. The molecule has 1 N–H and O–H groups in total. The number of anilines is 1. The van der Waals surface area contributed by atoms with Crippen LogP contribution in [-0.2, 0) is 12.8 Å². The molecule has 2 bridgehead atoms. The molecule has 2 saturated carbocycles. The average Bonchev–Trinajstić information content (AvgIpc) is 3.01. The van der Waals surface area contributed by atoms with E-state index in [1.165, 1.54) is 56.2 Å². The molecule has 1 aromatic rings. The fourth-order valence-corrected chi connectivity index (χ4v) is 4.56. The third-order valence-corrected chi connectivity index (χ3v) is 5.50. The van der Waals surface area contributed by atoms with E-state index in [2.05, 4.69) is 23.5 Å². The van der Waals surface area contributed by atoms with E-state index >= 15 is 0 Å². The number of rotatable bonds is 2. The average molecular weight is 241 g/mol. The summed E-state index contributed by atoms with van der Waals surface area (Å²) in [4.78, 5) is 0. The van der Waals surface area contributed by atoms with Crippen molar-refractivity contribution in [2.24, 2.45) is 17.8 Å². The van der Waals surface area contributed by atoms with Crippen LogP contribution < -0.4 is 5.32 Å². The largest absolute Gasteiger partial charge is 0.385 e. The number of fused-ring (bicyclic) bond motifs is 3. The van der Waals surface area contributed by atoms with Crippen LogP contribution in [0.5, 0.6) is 0 Å². The van der Waals surface area contributed by atoms with Gasteiger partial charge in [0.25, 0.3) is 0 Å². The molecule has 2 fully saturated rings. The van der Waals surface area contributed by atoms with E-state index in [-0.39, 0.29) is 0 Å². The van der Waals surface area contributed by atoms with Gasteiger partial charge < -0.3 is 5.32 Å². The first-order chi connectivity index (χ1) is 8.88. The van der Waals surface area contributed by atoms with Crippen molar-refractivity contribution in [1.29, 1.82) is 0 Å². The van der Waals surface area contributed by atoms with Crippen LogP contribution in [0, 0.1) is 17.8 Å². The first-order valence-electron chi connectivity index (χ1n) is 7.74. The zero-order chi connectivity index (χ0) is 11.9. The van der Waals surface area contributed by atoms with Gasteiger partial charge in [-0.2, -0.15) is 0 Å². The van der Waals surface area contributed by atoms with E-state index in [1.807, 2.05) is 0 Å². The molecule has 2 aliphatic carbocycles. The molecule has 18 heavy (non-hydrogen) atoms. The van der Waals surface area contributed by atoms with Crippen molar-refractivity contribution in [3.05, 3.63) is 29.3 Å². The molecule has 1 aliphatic heterocycles. The Balaban J connectivity index is 1.51. The second-order valence-corrected chi connectivity index (χ2v) is 6.66. The van der Waals surface area contributed by atoms with E-state index in [9.17, 15) is 0 Å². The number of nitrogens with one attached hydrogen (secondary N) is 1. The van der Waals surface area contributed by atoms with Gasteiger partial charge in [0.1, 0.15) is 0 Å². The van der Waals surface area contributed by atoms with Crippen molar-refractivity contribution in [2.75, 3.05) is 11.9 Å². The maximum absolute atomic E-state index is 3.56. The summed E-state index contributed by atoms with van der Waals surface area (Å²) < 4.78 is 0. The van der Waals surface area contributed by atoms with E-state index in [4.69, 9.17) is 0 Å². The fraction of sp³-hybridized carbons (Fsp3) is 0.647. The Morgan fingerprint density at radius 2 is 2.17 bits per heavy atom. The van der Waals surface area contributed by atoms with Crippen LogP contribution in [0.15, 0.2) is 18.2 Å². The highest BCUT2D eigenvalue weighted by molar-refractivity contribution is 5.55. The Bertz CT molecular complexity index is 451. The van der Waals surface area contributed by atoms with Gasteiger partial charge >= 0.3 is 0 Å². The summed E-state index contributed by atoms with van der Waals surface area (Å²) in [7, 11) is 0. The summed E-state index contributed by atoms with van der Waals surface area (Å²) in [6.07, 6.45) is 9.96. The van der Waals surface area contributed by atoms with Gasteiger partial charge in [0.15, 0.2) is 0 Å². The highest BCUT2D eigenvalue weighted by Crippen LogP contribution is 2.49. The van der Waals surface area contributed by atoms with E-state index < -0.39 is 0 Å². The minimum atomic E-state index is 0.991. The quantitative estimate of drug-likeness (QED) is 0.824. The molecule has 3 atom stereocenters. The number of hydrogen-bond acceptors (Lipinski definition) is 1. The molecule has 1 nitrogen and oxygen atoms in total. The summed E-state index contributed by atoms with van der Waals surface area (Å²) in [5, 5.41) is 3.56. The Hall–Kier alpha value is -0.980. The van der Waals surface area contributed by atoms with Crippen molar-refractivity contribution >= 4 is 5.69 Å². The fourth-order valence-electron chi connectivity index (χ4n) is 4.56. The highest BCUT2D eigenvalue weighted by Gasteiger charge is 2.39. The summed E-state index contributed by atoms with van der Waals surface area (Å²) in [5.74, 6) is 3.13. The van der Waals surface area contributed by atoms with Crippen molar-refractivity contribution in [3.63, 3.8) is 0 Å². The minimum Gasteiger partial charge on any atom is -0.385 e. The lowest BCUT2D eigenvalue weighted by molar-refractivity contribution is 0.331. The molecule has 1 heteroatoms. The molecule has 0 amide bonds. The van der Waals surface area contributed by atoms with Crippen LogP contribution in [0.25, 0.3) is 0 Å². The smallest absolute Gasteiger partial charge is 0.0375 e. The zero-order valence-electron chi connectivity index (χ0n) is 11.1. The zero-order valence-corrected chi connectivity index (χ0v) is 11.1. The van der Waals surface area contributed by atoms with Crippen LogP contribution in [0.1, 0.15) is 43.2 Å². The van der Waals surface area contributed by atoms with Crippen molar-refractivity contribution in [1.82, 2.24) is 0 Å². The molecule has 3 aliphatic rings. The van der Waals surface area contributed by atoms with Crippen molar-refractivity contribution < 1.29 is 0 Å². The Morgan fingerprint density at radius 1 is 1.17 bits per heavy atom. The molecular weight excluding hydrogens is 218 g/mol. The van der Waals surface area contributed by atoms with E-state index in [0.29, 0.717) is 0 Å². The molecule has 0 radical (unpaired) electrons. The lowest BCUT2D eigenvalue weighted by Gasteiger charge is -2.23. The van der Waals surface area contributed by atoms with Crippen molar-refractivity contribution in [2.45, 2.75) is 44.9 Å². The van der Waals surface area contributed by atoms with E-state index in [0.717, 1.165) is 24.3 Å². The lowest BCUT2D eigenvalue weighted by Crippen LogP contribution is -2.15. The molecule has 0 aromatic heterocycles. The summed E-state index contributed by atoms with van der Waals surface area (Å²) in [6.45, 7) is 1.16. The molecule has 4 rings (SSSR count). The standard InChI is InChI=1S/C17H23N/c1-2-14-5-3-13(11-17(14)18-7-1)10-16-9-12-4-6-15(16)8-12/h3,5,11-12,15-16,18H,1-2,4,6-10H2. The second kappa shape index (κ2) is 4.29. The predicted molar refractivity (Wildman–Crippen MR) is 75.9 cm³/mol. The number of hydrogen-bond donors (Lipinski definition) is 1. The predicted octanol–water partition coefficient (Wildman–Crippen LogP) is 4.02. The summed E-state index contributed by atoms with van der Waals surface area (Å²) in [5.41, 5.74) is 4.51. The maximum atomic E-state index is 3.56. The van der Waals surface area contributed by atoms with Gasteiger partial charge in [-0.1, -0.05) is 18.6 Å². The number of benzene rings is 1. The Kier molecular flexibility index (Phi) is 2.60. The molecule has 1 heterocycles. The van der Waals surface area contributed by atoms with E-state index in [1.54, 1.807) is 5.56 Å². The highest BCUT2D eigenvalue weighted by atomic mass is 14.9. The monoisotopic (exact) mass is 241 g/mol. The van der Waals surface area contributed by atoms with Gasteiger partial charge in [-0.3, -0.25) is 0 Å². The number of aryl methyl sites for hydroxylation is 1. The van der Waals surface area contributed by atoms with Crippen LogP contribution in [0.3, 0.4) is 0 Å². The second-order valence-electron chi connectivity index (χ2n) is 6.66. The molecule has 96 valence electrons. The van der Waals surface area contributed by atoms with Gasteiger partial charge in [-0.25, -0.2) is 0 Å². The first kappa shape index (κ1) is 10.9. The minimum absolute atomic E-state index is 0.991. The Labute approximate surface area is 110 Å². The first-order valence-corrected chi connectivity index (χ1v) is 7.74. The molecular formula is C17H23N. The third kappa shape index (κ3) is 1.84. The van der Waals surface area contributed by atoms with Crippen molar-refractivity contribution in [3.8, 4) is 0 Å². The topological polar surface area (TPSA) is 12.0 Å².